The molecule has 8 heteroatoms. The number of nitrogen functional groups attached to an aromatic ring is 1. The Kier molecular flexibility index (Phi) is 5.49. The second kappa shape index (κ2) is 8.38. The highest BCUT2D eigenvalue weighted by atomic mass is 19.1. The summed E-state index contributed by atoms with van der Waals surface area (Å²) in [6.45, 7) is 0.839. The van der Waals surface area contributed by atoms with Crippen LogP contribution in [0.3, 0.4) is 0 Å². The van der Waals surface area contributed by atoms with Crippen LogP contribution in [0, 0.1) is 5.82 Å². The van der Waals surface area contributed by atoms with E-state index in [2.05, 4.69) is 19.9 Å². The van der Waals surface area contributed by atoms with Gasteiger partial charge in [0.25, 0.3) is 0 Å². The summed E-state index contributed by atoms with van der Waals surface area (Å²) < 4.78 is 21.1. The second-order valence-electron chi connectivity index (χ2n) is 6.79. The number of aromatic nitrogens is 3. The Morgan fingerprint density at radius 3 is 2.87 bits per heavy atom. The number of nitrogens with two attached hydrogens (primary N) is 1. The van der Waals surface area contributed by atoms with Crippen LogP contribution in [0.15, 0.2) is 54.9 Å². The van der Waals surface area contributed by atoms with Gasteiger partial charge in [-0.2, -0.15) is 0 Å². The number of benzene rings is 2. The van der Waals surface area contributed by atoms with Gasteiger partial charge in [0.1, 0.15) is 11.6 Å². The Morgan fingerprint density at radius 2 is 2.07 bits per heavy atom. The molecule has 0 aliphatic carbocycles. The molecule has 0 radical (unpaired) electrons. The standard InChI is InChI=1S/C22H22FN5O2/c1-30-21-11-16(23)17(24)12-19(21)27-22-25-8-7-18(26-22)15-13-28(9-4-10-29)20-6-3-2-5-14(15)20/h2-3,5-8,11-13,29H,4,9-10,24H2,1H3,(H,25,26,27). The molecule has 2 heterocycles. The summed E-state index contributed by atoms with van der Waals surface area (Å²) in [5, 5.41) is 13.3. The Balaban J connectivity index is 1.72. The Morgan fingerprint density at radius 1 is 1.23 bits per heavy atom. The number of rotatable bonds is 7. The zero-order chi connectivity index (χ0) is 21.1. The third-order valence-corrected chi connectivity index (χ3v) is 4.84. The number of aryl methyl sites for hydroxylation is 1. The van der Waals surface area contributed by atoms with Gasteiger partial charge in [0, 0.05) is 48.1 Å². The molecule has 0 saturated carbocycles. The minimum atomic E-state index is -0.553. The van der Waals surface area contributed by atoms with E-state index >= 15 is 0 Å². The topological polar surface area (TPSA) is 98.2 Å². The predicted octanol–water partition coefficient (Wildman–Crippen LogP) is 3.95. The van der Waals surface area contributed by atoms with E-state index in [1.807, 2.05) is 36.5 Å². The van der Waals surface area contributed by atoms with E-state index in [0.29, 0.717) is 30.4 Å². The van der Waals surface area contributed by atoms with Crippen molar-refractivity contribution in [3.63, 3.8) is 0 Å². The van der Waals surface area contributed by atoms with E-state index in [9.17, 15) is 9.50 Å². The Labute approximate surface area is 173 Å². The minimum absolute atomic E-state index is 0.00130. The number of anilines is 3. The first-order valence-electron chi connectivity index (χ1n) is 9.53. The van der Waals surface area contributed by atoms with Gasteiger partial charge in [-0.1, -0.05) is 18.2 Å². The lowest BCUT2D eigenvalue weighted by Crippen LogP contribution is -2.02. The molecule has 4 aromatic rings. The lowest BCUT2D eigenvalue weighted by molar-refractivity contribution is 0.280. The molecule has 0 unspecified atom stereocenters. The monoisotopic (exact) mass is 407 g/mol. The van der Waals surface area contributed by atoms with Crippen molar-refractivity contribution in [1.82, 2.24) is 14.5 Å². The fourth-order valence-electron chi connectivity index (χ4n) is 3.40. The molecular formula is C22H22FN5O2. The van der Waals surface area contributed by atoms with Gasteiger partial charge in [-0.25, -0.2) is 14.4 Å². The Hall–Kier alpha value is -3.65. The summed E-state index contributed by atoms with van der Waals surface area (Å²) in [4.78, 5) is 8.91. The van der Waals surface area contributed by atoms with Crippen molar-refractivity contribution in [3.05, 3.63) is 60.7 Å². The van der Waals surface area contributed by atoms with Crippen LogP contribution < -0.4 is 15.8 Å². The molecule has 2 aromatic heterocycles. The maximum atomic E-state index is 13.7. The molecule has 30 heavy (non-hydrogen) atoms. The summed E-state index contributed by atoms with van der Waals surface area (Å²) in [6, 6.07) is 12.6. The van der Waals surface area contributed by atoms with E-state index in [4.69, 9.17) is 10.5 Å². The molecule has 154 valence electrons. The maximum Gasteiger partial charge on any atom is 0.227 e. The first kappa shape index (κ1) is 19.7. The number of aliphatic hydroxyl groups is 1. The lowest BCUT2D eigenvalue weighted by Gasteiger charge is -2.12. The lowest BCUT2D eigenvalue weighted by atomic mass is 10.1. The SMILES string of the molecule is COc1cc(F)c(N)cc1Nc1nccc(-c2cn(CCCO)c3ccccc23)n1. The molecule has 0 amide bonds. The van der Waals surface area contributed by atoms with Gasteiger partial charge in [0.05, 0.1) is 24.2 Å². The fourth-order valence-corrected chi connectivity index (χ4v) is 3.40. The summed E-state index contributed by atoms with van der Waals surface area (Å²) in [7, 11) is 1.45. The first-order chi connectivity index (χ1) is 14.6. The van der Waals surface area contributed by atoms with Gasteiger partial charge in [0.15, 0.2) is 0 Å². The van der Waals surface area contributed by atoms with E-state index in [1.54, 1.807) is 6.20 Å². The summed E-state index contributed by atoms with van der Waals surface area (Å²) in [5.41, 5.74) is 8.93. The van der Waals surface area contributed by atoms with Gasteiger partial charge in [-0.05, 0) is 24.6 Å². The minimum Gasteiger partial charge on any atom is -0.494 e. The first-order valence-corrected chi connectivity index (χ1v) is 9.53. The molecule has 0 spiro atoms. The van der Waals surface area contributed by atoms with E-state index in [-0.39, 0.29) is 12.3 Å². The van der Waals surface area contributed by atoms with Crippen molar-refractivity contribution in [2.24, 2.45) is 0 Å². The van der Waals surface area contributed by atoms with Crippen molar-refractivity contribution in [2.45, 2.75) is 13.0 Å². The third kappa shape index (κ3) is 3.77. The summed E-state index contributed by atoms with van der Waals surface area (Å²) >= 11 is 0. The van der Waals surface area contributed by atoms with E-state index in [1.165, 1.54) is 19.2 Å². The van der Waals surface area contributed by atoms with Crippen molar-refractivity contribution in [2.75, 3.05) is 24.8 Å². The number of ether oxygens (including phenoxy) is 1. The fraction of sp³-hybridized carbons (Fsp3) is 0.182. The number of hydrogen-bond donors (Lipinski definition) is 3. The molecule has 0 atom stereocenters. The van der Waals surface area contributed by atoms with E-state index in [0.717, 1.165) is 22.2 Å². The molecule has 0 bridgehead atoms. The van der Waals surface area contributed by atoms with Crippen LogP contribution >= 0.6 is 0 Å². The average molecular weight is 407 g/mol. The number of methoxy groups -OCH3 is 1. The molecule has 0 fully saturated rings. The number of nitrogens with zero attached hydrogens (tertiary/aromatic N) is 3. The predicted molar refractivity (Wildman–Crippen MR) is 115 cm³/mol. The largest absolute Gasteiger partial charge is 0.494 e. The van der Waals surface area contributed by atoms with Crippen molar-refractivity contribution >= 4 is 28.2 Å². The van der Waals surface area contributed by atoms with Crippen LogP contribution in [-0.4, -0.2) is 33.4 Å². The van der Waals surface area contributed by atoms with Crippen LogP contribution in [0.25, 0.3) is 22.2 Å². The molecular weight excluding hydrogens is 385 g/mol. The molecule has 0 saturated heterocycles. The summed E-state index contributed by atoms with van der Waals surface area (Å²) in [6.07, 6.45) is 4.35. The maximum absolute atomic E-state index is 13.7. The number of aliphatic hydroxyl groups excluding tert-OH is 1. The number of hydrogen-bond acceptors (Lipinski definition) is 6. The number of fused-ring (bicyclic) bond motifs is 1. The highest BCUT2D eigenvalue weighted by molar-refractivity contribution is 5.95. The third-order valence-electron chi connectivity index (χ3n) is 4.84. The number of para-hydroxylation sites is 1. The highest BCUT2D eigenvalue weighted by Gasteiger charge is 2.14. The average Bonchev–Trinajstić information content (AvgIpc) is 3.13. The van der Waals surface area contributed by atoms with Crippen molar-refractivity contribution in [1.29, 1.82) is 0 Å². The van der Waals surface area contributed by atoms with Gasteiger partial charge in [0.2, 0.25) is 5.95 Å². The number of nitrogens with one attached hydrogen (secondary N) is 1. The van der Waals surface area contributed by atoms with Gasteiger partial charge >= 0.3 is 0 Å². The molecule has 4 N–H and O–H groups in total. The molecule has 2 aromatic carbocycles. The molecule has 0 aliphatic rings. The van der Waals surface area contributed by atoms with Crippen molar-refractivity contribution < 1.29 is 14.2 Å². The smallest absolute Gasteiger partial charge is 0.227 e. The van der Waals surface area contributed by atoms with Crippen LogP contribution in [0.4, 0.5) is 21.7 Å². The molecule has 7 nitrogen and oxygen atoms in total. The normalized spacial score (nSPS) is 11.0. The van der Waals surface area contributed by atoms with Gasteiger partial charge < -0.3 is 25.5 Å². The van der Waals surface area contributed by atoms with Crippen LogP contribution in [0.5, 0.6) is 5.75 Å². The quantitative estimate of drug-likeness (QED) is 0.401. The zero-order valence-corrected chi connectivity index (χ0v) is 16.5. The van der Waals surface area contributed by atoms with Gasteiger partial charge in [-0.15, -0.1) is 0 Å². The van der Waals surface area contributed by atoms with Crippen LogP contribution in [-0.2, 0) is 6.54 Å². The molecule has 4 rings (SSSR count). The Bertz CT molecular complexity index is 1190. The molecule has 0 aliphatic heterocycles. The number of halogens is 1. The van der Waals surface area contributed by atoms with Gasteiger partial charge in [-0.3, -0.25) is 0 Å². The zero-order valence-electron chi connectivity index (χ0n) is 16.5. The van der Waals surface area contributed by atoms with Crippen LogP contribution in [0.2, 0.25) is 0 Å². The summed E-state index contributed by atoms with van der Waals surface area (Å²) in [5.74, 6) is 0.0862. The second-order valence-corrected chi connectivity index (χ2v) is 6.79. The van der Waals surface area contributed by atoms with Crippen LogP contribution in [0.1, 0.15) is 6.42 Å². The van der Waals surface area contributed by atoms with E-state index < -0.39 is 5.82 Å². The highest BCUT2D eigenvalue weighted by Crippen LogP contribution is 2.33. The van der Waals surface area contributed by atoms with Crippen molar-refractivity contribution in [3.8, 4) is 17.0 Å².